The fourth-order valence-corrected chi connectivity index (χ4v) is 3.79. The molecule has 0 atom stereocenters. The summed E-state index contributed by atoms with van der Waals surface area (Å²) in [6.45, 7) is -0.382. The monoisotopic (exact) mass is 342 g/mol. The van der Waals surface area contributed by atoms with Crippen LogP contribution in [0.3, 0.4) is 0 Å². The summed E-state index contributed by atoms with van der Waals surface area (Å²) >= 11 is 0. The first-order valence-corrected chi connectivity index (χ1v) is 9.63. The van der Waals surface area contributed by atoms with Crippen molar-refractivity contribution in [3.05, 3.63) is 30.1 Å². The molecule has 0 heterocycles. The zero-order chi connectivity index (χ0) is 17.0. The number of nitrogens with zero attached hydrogens (tertiary/aromatic N) is 2. The molecule has 0 aliphatic heterocycles. The average Bonchev–Trinajstić information content (AvgIpc) is 2.52. The van der Waals surface area contributed by atoms with Crippen LogP contribution in [0.15, 0.2) is 24.3 Å². The van der Waals surface area contributed by atoms with E-state index >= 15 is 0 Å². The van der Waals surface area contributed by atoms with E-state index in [-0.39, 0.29) is 24.2 Å². The molecule has 23 heavy (non-hydrogen) atoms. The molecule has 7 heteroatoms. The SMILES string of the molecule is CN(C(=O)CN(c1ccccc1F)S(C)(=O)=O)C1CCCCC1. The Balaban J connectivity index is 2.18. The smallest absolute Gasteiger partial charge is 0.243 e. The Hall–Kier alpha value is -1.63. The summed E-state index contributed by atoms with van der Waals surface area (Å²) in [6, 6.07) is 5.71. The van der Waals surface area contributed by atoms with Crippen LogP contribution in [0.4, 0.5) is 10.1 Å². The Morgan fingerprint density at radius 3 is 2.39 bits per heavy atom. The second-order valence-corrected chi connectivity index (χ2v) is 7.92. The van der Waals surface area contributed by atoms with Crippen LogP contribution in [0.2, 0.25) is 0 Å². The summed E-state index contributed by atoms with van der Waals surface area (Å²) in [5.41, 5.74) is -0.0969. The van der Waals surface area contributed by atoms with Gasteiger partial charge in [-0.25, -0.2) is 12.8 Å². The summed E-state index contributed by atoms with van der Waals surface area (Å²) in [6.07, 6.45) is 6.16. The molecule has 0 aromatic heterocycles. The third-order valence-electron chi connectivity index (χ3n) is 4.32. The van der Waals surface area contributed by atoms with Crippen molar-refractivity contribution >= 4 is 21.6 Å². The van der Waals surface area contributed by atoms with Crippen LogP contribution < -0.4 is 4.31 Å². The lowest BCUT2D eigenvalue weighted by atomic mass is 9.94. The normalized spacial score (nSPS) is 16.1. The zero-order valence-corrected chi connectivity index (χ0v) is 14.4. The quantitative estimate of drug-likeness (QED) is 0.825. The van der Waals surface area contributed by atoms with Crippen molar-refractivity contribution in [3.63, 3.8) is 0 Å². The minimum Gasteiger partial charge on any atom is -0.341 e. The number of hydrogen-bond donors (Lipinski definition) is 0. The first kappa shape index (κ1) is 17.7. The summed E-state index contributed by atoms with van der Waals surface area (Å²) in [7, 11) is -2.06. The standard InChI is InChI=1S/C16H23FN2O3S/c1-18(13-8-4-3-5-9-13)16(20)12-19(23(2,21)22)15-11-7-6-10-14(15)17/h6-7,10-11,13H,3-5,8-9,12H2,1-2H3. The Bertz CT molecular complexity index is 657. The summed E-state index contributed by atoms with van der Waals surface area (Å²) in [5.74, 6) is -0.975. The van der Waals surface area contributed by atoms with Crippen LogP contribution in [0, 0.1) is 5.82 Å². The van der Waals surface area contributed by atoms with Gasteiger partial charge in [-0.1, -0.05) is 31.4 Å². The third-order valence-corrected chi connectivity index (χ3v) is 5.44. The van der Waals surface area contributed by atoms with Crippen molar-refractivity contribution in [1.82, 2.24) is 4.90 Å². The van der Waals surface area contributed by atoms with Crippen LogP contribution in [0.25, 0.3) is 0 Å². The fourth-order valence-electron chi connectivity index (χ4n) is 2.94. The number of anilines is 1. The Labute approximate surface area is 137 Å². The number of para-hydroxylation sites is 1. The Morgan fingerprint density at radius 1 is 1.22 bits per heavy atom. The molecule has 1 aromatic rings. The molecular weight excluding hydrogens is 319 g/mol. The van der Waals surface area contributed by atoms with Gasteiger partial charge in [0.15, 0.2) is 0 Å². The van der Waals surface area contributed by atoms with Crippen molar-refractivity contribution in [3.8, 4) is 0 Å². The second kappa shape index (κ2) is 7.29. The van der Waals surface area contributed by atoms with Crippen LogP contribution in [-0.2, 0) is 14.8 Å². The number of sulfonamides is 1. The van der Waals surface area contributed by atoms with E-state index < -0.39 is 15.8 Å². The van der Waals surface area contributed by atoms with Gasteiger partial charge in [0.05, 0.1) is 11.9 Å². The molecule has 1 aliphatic carbocycles. The largest absolute Gasteiger partial charge is 0.341 e. The van der Waals surface area contributed by atoms with Crippen molar-refractivity contribution in [1.29, 1.82) is 0 Å². The molecule has 1 amide bonds. The van der Waals surface area contributed by atoms with Crippen LogP contribution >= 0.6 is 0 Å². The van der Waals surface area contributed by atoms with Gasteiger partial charge < -0.3 is 4.90 Å². The molecule has 0 N–H and O–H groups in total. The highest BCUT2D eigenvalue weighted by Crippen LogP contribution is 2.24. The average molecular weight is 342 g/mol. The summed E-state index contributed by atoms with van der Waals surface area (Å²) in [5, 5.41) is 0. The number of benzene rings is 1. The number of likely N-dealkylation sites (N-methyl/N-ethyl adjacent to an activating group) is 1. The highest BCUT2D eigenvalue weighted by atomic mass is 32.2. The Morgan fingerprint density at radius 2 is 1.83 bits per heavy atom. The number of carbonyl (C=O) groups excluding carboxylic acids is 1. The lowest BCUT2D eigenvalue weighted by Gasteiger charge is -2.33. The molecule has 5 nitrogen and oxygen atoms in total. The van der Waals surface area contributed by atoms with Gasteiger partial charge in [0.2, 0.25) is 15.9 Å². The molecule has 2 rings (SSSR count). The van der Waals surface area contributed by atoms with Gasteiger partial charge >= 0.3 is 0 Å². The maximum absolute atomic E-state index is 13.9. The summed E-state index contributed by atoms with van der Waals surface area (Å²) in [4.78, 5) is 14.1. The van der Waals surface area contributed by atoms with E-state index in [1.807, 2.05) is 0 Å². The molecule has 0 spiro atoms. The number of halogens is 1. The van der Waals surface area contributed by atoms with Crippen LogP contribution in [0.1, 0.15) is 32.1 Å². The maximum atomic E-state index is 13.9. The first-order chi connectivity index (χ1) is 10.8. The van der Waals surface area contributed by atoms with E-state index in [4.69, 9.17) is 0 Å². The lowest BCUT2D eigenvalue weighted by molar-refractivity contribution is -0.130. The molecule has 1 aliphatic rings. The predicted octanol–water partition coefficient (Wildman–Crippen LogP) is 2.38. The molecular formula is C16H23FN2O3S. The van der Waals surface area contributed by atoms with Gasteiger partial charge in [-0.3, -0.25) is 9.10 Å². The van der Waals surface area contributed by atoms with E-state index in [0.29, 0.717) is 0 Å². The predicted molar refractivity (Wildman–Crippen MR) is 88.2 cm³/mol. The number of carbonyl (C=O) groups is 1. The van der Waals surface area contributed by atoms with E-state index in [9.17, 15) is 17.6 Å². The highest BCUT2D eigenvalue weighted by molar-refractivity contribution is 7.92. The van der Waals surface area contributed by atoms with Gasteiger partial charge in [0.1, 0.15) is 12.4 Å². The van der Waals surface area contributed by atoms with E-state index in [1.165, 1.54) is 24.6 Å². The molecule has 128 valence electrons. The van der Waals surface area contributed by atoms with E-state index in [1.54, 1.807) is 18.0 Å². The highest BCUT2D eigenvalue weighted by Gasteiger charge is 2.28. The molecule has 0 bridgehead atoms. The van der Waals surface area contributed by atoms with Gasteiger partial charge in [0, 0.05) is 13.1 Å². The third kappa shape index (κ3) is 4.43. The second-order valence-electron chi connectivity index (χ2n) is 6.02. The van der Waals surface area contributed by atoms with Crippen LogP contribution in [-0.4, -0.2) is 45.1 Å². The van der Waals surface area contributed by atoms with E-state index in [0.717, 1.165) is 36.2 Å². The van der Waals surface area contributed by atoms with Gasteiger partial charge in [0.25, 0.3) is 0 Å². The molecule has 1 saturated carbocycles. The molecule has 0 radical (unpaired) electrons. The van der Waals surface area contributed by atoms with Crippen molar-refractivity contribution in [2.24, 2.45) is 0 Å². The van der Waals surface area contributed by atoms with Gasteiger partial charge in [-0.05, 0) is 25.0 Å². The number of hydrogen-bond acceptors (Lipinski definition) is 3. The molecule has 0 unspecified atom stereocenters. The van der Waals surface area contributed by atoms with Crippen LogP contribution in [0.5, 0.6) is 0 Å². The maximum Gasteiger partial charge on any atom is 0.243 e. The number of amides is 1. The Kier molecular flexibility index (Phi) is 5.62. The van der Waals surface area contributed by atoms with Crippen molar-refractivity contribution in [2.45, 2.75) is 38.1 Å². The molecule has 0 saturated heterocycles. The molecule has 1 aromatic carbocycles. The van der Waals surface area contributed by atoms with Crippen molar-refractivity contribution < 1.29 is 17.6 Å². The fraction of sp³-hybridized carbons (Fsp3) is 0.562. The summed E-state index contributed by atoms with van der Waals surface area (Å²) < 4.78 is 38.8. The van der Waals surface area contributed by atoms with Gasteiger partial charge in [-0.15, -0.1) is 0 Å². The number of rotatable bonds is 5. The topological polar surface area (TPSA) is 57.7 Å². The zero-order valence-electron chi connectivity index (χ0n) is 13.5. The van der Waals surface area contributed by atoms with Gasteiger partial charge in [-0.2, -0.15) is 0 Å². The minimum absolute atomic E-state index is 0.0969. The minimum atomic E-state index is -3.75. The molecule has 1 fully saturated rings. The van der Waals surface area contributed by atoms with E-state index in [2.05, 4.69) is 0 Å². The first-order valence-electron chi connectivity index (χ1n) is 7.78. The van der Waals surface area contributed by atoms with Crippen molar-refractivity contribution in [2.75, 3.05) is 24.2 Å². The lowest BCUT2D eigenvalue weighted by Crippen LogP contribution is -2.45.